The summed E-state index contributed by atoms with van der Waals surface area (Å²) in [6, 6.07) is 10.2. The van der Waals surface area contributed by atoms with Crippen molar-refractivity contribution in [3.63, 3.8) is 0 Å². The van der Waals surface area contributed by atoms with Crippen molar-refractivity contribution in [2.45, 2.75) is 19.9 Å². The lowest BCUT2D eigenvalue weighted by Gasteiger charge is -2.02. The van der Waals surface area contributed by atoms with Crippen LogP contribution in [0.3, 0.4) is 0 Å². The molecule has 0 radical (unpaired) electrons. The van der Waals surface area contributed by atoms with E-state index in [2.05, 4.69) is 18.0 Å². The molecule has 1 aromatic heterocycles. The minimum absolute atomic E-state index is 0.639. The van der Waals surface area contributed by atoms with Gasteiger partial charge in [-0.15, -0.1) is 0 Å². The van der Waals surface area contributed by atoms with Crippen LogP contribution in [0.5, 0.6) is 0 Å². The Kier molecular flexibility index (Phi) is 2.25. The van der Waals surface area contributed by atoms with Gasteiger partial charge in [0.25, 0.3) is 0 Å². The van der Waals surface area contributed by atoms with E-state index in [1.165, 1.54) is 5.56 Å². The third kappa shape index (κ3) is 1.64. The van der Waals surface area contributed by atoms with Gasteiger partial charge in [0.1, 0.15) is 17.4 Å². The summed E-state index contributed by atoms with van der Waals surface area (Å²) in [6.45, 7) is 2.76. The lowest BCUT2D eigenvalue weighted by molar-refractivity contribution is 0.529. The summed E-state index contributed by atoms with van der Waals surface area (Å²) in [5.41, 5.74) is 9.11. The number of benzene rings is 1. The van der Waals surface area contributed by atoms with Crippen molar-refractivity contribution in [2.75, 3.05) is 0 Å². The van der Waals surface area contributed by atoms with Gasteiger partial charge >= 0.3 is 0 Å². The van der Waals surface area contributed by atoms with Crippen molar-refractivity contribution in [3.8, 4) is 11.3 Å². The quantitative estimate of drug-likeness (QED) is 0.856. The van der Waals surface area contributed by atoms with Crippen LogP contribution in [0.15, 0.2) is 39.7 Å². The van der Waals surface area contributed by atoms with Crippen molar-refractivity contribution < 1.29 is 4.42 Å². The van der Waals surface area contributed by atoms with Crippen LogP contribution >= 0.6 is 0 Å². The average molecular weight is 226 g/mol. The average Bonchev–Trinajstić information content (AvgIpc) is 2.96. The first-order chi connectivity index (χ1) is 8.28. The number of rotatable bonds is 2. The normalized spacial score (nSPS) is 13.6. The molecule has 0 amide bonds. The molecule has 3 nitrogen and oxygen atoms in total. The molecule has 86 valence electrons. The number of nitrogens with two attached hydrogens (primary N) is 1. The molecule has 0 saturated heterocycles. The van der Waals surface area contributed by atoms with E-state index in [-0.39, 0.29) is 0 Å². The van der Waals surface area contributed by atoms with E-state index in [9.17, 15) is 0 Å². The number of hydrogen-bond acceptors (Lipinski definition) is 3. The van der Waals surface area contributed by atoms with Crippen molar-refractivity contribution in [2.24, 2.45) is 10.7 Å². The highest BCUT2D eigenvalue weighted by molar-refractivity contribution is 6.01. The maximum absolute atomic E-state index is 5.79. The first-order valence-corrected chi connectivity index (χ1v) is 5.80. The van der Waals surface area contributed by atoms with Crippen LogP contribution in [0.2, 0.25) is 0 Å². The van der Waals surface area contributed by atoms with Gasteiger partial charge in [-0.2, -0.15) is 0 Å². The second-order valence-corrected chi connectivity index (χ2v) is 4.19. The number of amidine groups is 1. The molecule has 2 aromatic rings. The number of aliphatic imine (C=N–C) groups is 1. The van der Waals surface area contributed by atoms with Gasteiger partial charge < -0.3 is 10.2 Å². The summed E-state index contributed by atoms with van der Waals surface area (Å²) in [6.07, 6.45) is 0.918. The molecular weight excluding hydrogens is 212 g/mol. The van der Waals surface area contributed by atoms with Crippen molar-refractivity contribution in [1.29, 1.82) is 0 Å². The predicted octanol–water partition coefficient (Wildman–Crippen LogP) is 2.73. The molecule has 0 fully saturated rings. The third-order valence-corrected chi connectivity index (χ3v) is 3.10. The molecule has 1 aliphatic rings. The van der Waals surface area contributed by atoms with Crippen LogP contribution in [0.1, 0.15) is 23.8 Å². The van der Waals surface area contributed by atoms with Crippen molar-refractivity contribution in [1.82, 2.24) is 0 Å². The fourth-order valence-electron chi connectivity index (χ4n) is 2.11. The van der Waals surface area contributed by atoms with Crippen LogP contribution in [-0.4, -0.2) is 5.84 Å². The number of fused-ring (bicyclic) bond motifs is 1. The van der Waals surface area contributed by atoms with Crippen LogP contribution in [-0.2, 0) is 13.0 Å². The monoisotopic (exact) mass is 226 g/mol. The second kappa shape index (κ2) is 3.77. The molecule has 3 heteroatoms. The zero-order valence-electron chi connectivity index (χ0n) is 9.73. The molecular formula is C14H14N2O. The lowest BCUT2D eigenvalue weighted by Crippen LogP contribution is -2.10. The number of hydrogen-bond donors (Lipinski definition) is 1. The van der Waals surface area contributed by atoms with Gasteiger partial charge in [0.15, 0.2) is 0 Å². The second-order valence-electron chi connectivity index (χ2n) is 4.19. The van der Waals surface area contributed by atoms with Crippen LogP contribution in [0.25, 0.3) is 11.3 Å². The minimum Gasteiger partial charge on any atom is -0.461 e. The Morgan fingerprint density at radius 1 is 1.29 bits per heavy atom. The Morgan fingerprint density at radius 2 is 2.18 bits per heavy atom. The molecule has 1 aromatic carbocycles. The number of nitrogens with zero attached hydrogens (tertiary/aromatic N) is 1. The van der Waals surface area contributed by atoms with E-state index in [1.807, 2.05) is 24.3 Å². The highest BCUT2D eigenvalue weighted by Gasteiger charge is 2.14. The zero-order valence-corrected chi connectivity index (χ0v) is 9.73. The predicted molar refractivity (Wildman–Crippen MR) is 68.0 cm³/mol. The van der Waals surface area contributed by atoms with Gasteiger partial charge in [0.05, 0.1) is 6.54 Å². The summed E-state index contributed by atoms with van der Waals surface area (Å²) in [7, 11) is 0. The number of aryl methyl sites for hydroxylation is 1. The molecule has 1 aliphatic heterocycles. The Bertz CT molecular complexity index is 596. The van der Waals surface area contributed by atoms with E-state index < -0.39 is 0 Å². The van der Waals surface area contributed by atoms with E-state index in [0.29, 0.717) is 12.4 Å². The Morgan fingerprint density at radius 3 is 2.94 bits per heavy atom. The van der Waals surface area contributed by atoms with Gasteiger partial charge in [-0.25, -0.2) is 0 Å². The summed E-state index contributed by atoms with van der Waals surface area (Å²) in [5.74, 6) is 2.56. The Hall–Kier alpha value is -2.03. The fourth-order valence-corrected chi connectivity index (χ4v) is 2.11. The van der Waals surface area contributed by atoms with Gasteiger partial charge in [0, 0.05) is 17.5 Å². The molecule has 0 spiro atoms. The largest absolute Gasteiger partial charge is 0.461 e. The zero-order chi connectivity index (χ0) is 11.8. The van der Waals surface area contributed by atoms with Crippen LogP contribution < -0.4 is 5.73 Å². The van der Waals surface area contributed by atoms with Gasteiger partial charge in [-0.1, -0.05) is 19.1 Å². The van der Waals surface area contributed by atoms with Gasteiger partial charge in [-0.3, -0.25) is 4.99 Å². The molecule has 0 aliphatic carbocycles. The molecule has 17 heavy (non-hydrogen) atoms. The van der Waals surface area contributed by atoms with E-state index in [4.69, 9.17) is 10.2 Å². The molecule has 2 N–H and O–H groups in total. The van der Waals surface area contributed by atoms with Gasteiger partial charge in [0.2, 0.25) is 0 Å². The Balaban J connectivity index is 2.01. The molecule has 0 unspecified atom stereocenters. The summed E-state index contributed by atoms with van der Waals surface area (Å²) in [4.78, 5) is 4.22. The maximum Gasteiger partial charge on any atom is 0.134 e. The third-order valence-electron chi connectivity index (χ3n) is 3.10. The van der Waals surface area contributed by atoms with Crippen LogP contribution in [0.4, 0.5) is 0 Å². The highest BCUT2D eigenvalue weighted by Crippen LogP contribution is 2.27. The molecule has 0 atom stereocenters. The summed E-state index contributed by atoms with van der Waals surface area (Å²) < 4.78 is 5.74. The van der Waals surface area contributed by atoms with E-state index >= 15 is 0 Å². The molecule has 2 heterocycles. The first kappa shape index (κ1) is 10.1. The minimum atomic E-state index is 0.639. The molecule has 0 saturated carbocycles. The first-order valence-electron chi connectivity index (χ1n) is 5.80. The summed E-state index contributed by atoms with van der Waals surface area (Å²) >= 11 is 0. The lowest BCUT2D eigenvalue weighted by atomic mass is 10.0. The van der Waals surface area contributed by atoms with Crippen molar-refractivity contribution >= 4 is 5.84 Å². The smallest absolute Gasteiger partial charge is 0.134 e. The standard InChI is InChI=1S/C14H14N2O/c1-2-11-4-6-13(17-11)9-3-5-12-10(7-9)8-16-14(12)15/h3-7H,2,8H2,1H3,(H2,15,16). The fraction of sp³-hybridized carbons (Fsp3) is 0.214. The molecule has 3 rings (SSSR count). The SMILES string of the molecule is CCc1ccc(-c2ccc3c(c2)CN=C3N)o1. The van der Waals surface area contributed by atoms with Crippen LogP contribution in [0, 0.1) is 0 Å². The van der Waals surface area contributed by atoms with Gasteiger partial charge in [-0.05, 0) is 23.8 Å². The number of furan rings is 1. The van der Waals surface area contributed by atoms with E-state index in [0.717, 1.165) is 29.1 Å². The van der Waals surface area contributed by atoms with Crippen molar-refractivity contribution in [3.05, 3.63) is 47.2 Å². The topological polar surface area (TPSA) is 51.5 Å². The molecule has 0 bridgehead atoms. The summed E-state index contributed by atoms with van der Waals surface area (Å²) in [5, 5.41) is 0. The highest BCUT2D eigenvalue weighted by atomic mass is 16.3. The van der Waals surface area contributed by atoms with E-state index in [1.54, 1.807) is 0 Å². The Labute approximate surface area is 100.0 Å². The maximum atomic E-state index is 5.79.